The fourth-order valence-corrected chi connectivity index (χ4v) is 3.79. The summed E-state index contributed by atoms with van der Waals surface area (Å²) in [4.78, 5) is 17.1. The lowest BCUT2D eigenvalue weighted by Crippen LogP contribution is -2.33. The molecule has 0 radical (unpaired) electrons. The molecule has 2 heterocycles. The Kier molecular flexibility index (Phi) is 4.95. The average Bonchev–Trinajstić information content (AvgIpc) is 3.26. The Labute approximate surface area is 148 Å². The van der Waals surface area contributed by atoms with Gasteiger partial charge in [0.25, 0.3) is 0 Å². The maximum atomic E-state index is 12.4. The number of sulfone groups is 1. The van der Waals surface area contributed by atoms with Crippen molar-refractivity contribution in [1.82, 2.24) is 10.1 Å². The average molecular weight is 377 g/mol. The third-order valence-corrected chi connectivity index (χ3v) is 6.29. The number of anilines is 1. The summed E-state index contributed by atoms with van der Waals surface area (Å²) in [5.41, 5.74) is 0.535. The molecule has 0 unspecified atom stereocenters. The Morgan fingerprint density at radius 2 is 2.00 bits per heavy atom. The largest absolute Gasteiger partial charge is 0.338 e. The molecule has 3 rings (SSSR count). The number of nitrogens with zero attached hydrogens (tertiary/aromatic N) is 2. The Balaban J connectivity index is 1.69. The molecular weight excluding hydrogens is 362 g/mol. The Morgan fingerprint density at radius 3 is 2.68 bits per heavy atom. The van der Waals surface area contributed by atoms with Crippen molar-refractivity contribution >= 4 is 32.8 Å². The number of rotatable bonds is 6. The standard InChI is InChI=1S/C16H15N3O4S2/c1-11(16(20)17-12-6-3-2-4-7-12)25(21,22)10-14-18-15(19-23-14)13-8-5-9-24-13/h2-9,11H,10H2,1H3,(H,17,20)/t11-/m0/s1. The number of thiophene rings is 1. The monoisotopic (exact) mass is 377 g/mol. The van der Waals surface area contributed by atoms with Crippen LogP contribution in [0.15, 0.2) is 52.4 Å². The van der Waals surface area contributed by atoms with Gasteiger partial charge < -0.3 is 9.84 Å². The minimum Gasteiger partial charge on any atom is -0.338 e. The van der Waals surface area contributed by atoms with Gasteiger partial charge in [0.2, 0.25) is 17.6 Å². The molecule has 0 bridgehead atoms. The molecule has 25 heavy (non-hydrogen) atoms. The summed E-state index contributed by atoms with van der Waals surface area (Å²) in [6.45, 7) is 1.34. The molecular formula is C16H15N3O4S2. The first-order valence-corrected chi connectivity index (χ1v) is 9.99. The fraction of sp³-hybridized carbons (Fsp3) is 0.188. The lowest BCUT2D eigenvalue weighted by molar-refractivity contribution is -0.115. The number of nitrogens with one attached hydrogen (secondary N) is 1. The molecule has 2 aromatic heterocycles. The highest BCUT2D eigenvalue weighted by molar-refractivity contribution is 7.92. The van der Waals surface area contributed by atoms with Crippen LogP contribution in [0.1, 0.15) is 12.8 Å². The van der Waals surface area contributed by atoms with Crippen molar-refractivity contribution in [3.63, 3.8) is 0 Å². The van der Waals surface area contributed by atoms with Gasteiger partial charge >= 0.3 is 0 Å². The molecule has 1 aromatic carbocycles. The van der Waals surface area contributed by atoms with E-state index in [1.807, 2.05) is 17.5 Å². The zero-order chi connectivity index (χ0) is 17.9. The van der Waals surface area contributed by atoms with E-state index >= 15 is 0 Å². The van der Waals surface area contributed by atoms with E-state index in [0.29, 0.717) is 11.5 Å². The third-order valence-electron chi connectivity index (χ3n) is 3.48. The number of hydrogen-bond acceptors (Lipinski definition) is 7. The van der Waals surface area contributed by atoms with Crippen molar-refractivity contribution in [2.24, 2.45) is 0 Å². The van der Waals surface area contributed by atoms with Crippen molar-refractivity contribution in [2.45, 2.75) is 17.9 Å². The maximum absolute atomic E-state index is 12.4. The number of carbonyl (C=O) groups is 1. The summed E-state index contributed by atoms with van der Waals surface area (Å²) >= 11 is 1.42. The van der Waals surface area contributed by atoms with E-state index in [4.69, 9.17) is 4.52 Å². The summed E-state index contributed by atoms with van der Waals surface area (Å²) < 4.78 is 29.9. The van der Waals surface area contributed by atoms with Gasteiger partial charge in [0.15, 0.2) is 9.84 Å². The van der Waals surface area contributed by atoms with Gasteiger partial charge in [-0.05, 0) is 30.5 Å². The number of amides is 1. The number of aromatic nitrogens is 2. The van der Waals surface area contributed by atoms with Gasteiger partial charge in [-0.1, -0.05) is 29.4 Å². The number of carbonyl (C=O) groups excluding carboxylic acids is 1. The van der Waals surface area contributed by atoms with Crippen LogP contribution < -0.4 is 5.32 Å². The molecule has 1 N–H and O–H groups in total. The van der Waals surface area contributed by atoms with Crippen molar-refractivity contribution < 1.29 is 17.7 Å². The quantitative estimate of drug-likeness (QED) is 0.709. The molecule has 0 aliphatic carbocycles. The second-order valence-corrected chi connectivity index (χ2v) is 8.56. The maximum Gasteiger partial charge on any atom is 0.242 e. The summed E-state index contributed by atoms with van der Waals surface area (Å²) in [5.74, 6) is -0.803. The van der Waals surface area contributed by atoms with Gasteiger partial charge in [-0.15, -0.1) is 11.3 Å². The third kappa shape index (κ3) is 4.12. The first-order valence-electron chi connectivity index (χ1n) is 7.39. The van der Waals surface area contributed by atoms with Crippen molar-refractivity contribution in [1.29, 1.82) is 0 Å². The van der Waals surface area contributed by atoms with Gasteiger partial charge in [0.1, 0.15) is 11.0 Å². The zero-order valence-electron chi connectivity index (χ0n) is 13.2. The second kappa shape index (κ2) is 7.16. The zero-order valence-corrected chi connectivity index (χ0v) is 14.9. The van der Waals surface area contributed by atoms with Crippen molar-refractivity contribution in [3.8, 4) is 10.7 Å². The predicted molar refractivity (Wildman–Crippen MR) is 94.8 cm³/mol. The van der Waals surface area contributed by atoms with E-state index in [9.17, 15) is 13.2 Å². The molecule has 0 aliphatic heterocycles. The summed E-state index contributed by atoms with van der Waals surface area (Å²) in [6, 6.07) is 12.3. The Hall–Kier alpha value is -2.52. The lowest BCUT2D eigenvalue weighted by atomic mass is 10.3. The van der Waals surface area contributed by atoms with Crippen LogP contribution in [0.5, 0.6) is 0 Å². The number of hydrogen-bond donors (Lipinski definition) is 1. The van der Waals surface area contributed by atoms with Gasteiger partial charge in [0, 0.05) is 5.69 Å². The van der Waals surface area contributed by atoms with E-state index in [1.165, 1.54) is 18.3 Å². The normalized spacial score (nSPS) is 12.7. The molecule has 0 aliphatic rings. The molecule has 0 spiro atoms. The van der Waals surface area contributed by atoms with Crippen LogP contribution in [0.25, 0.3) is 10.7 Å². The molecule has 9 heteroatoms. The molecule has 0 saturated carbocycles. The first-order chi connectivity index (χ1) is 12.0. The fourth-order valence-electron chi connectivity index (χ4n) is 2.04. The highest BCUT2D eigenvalue weighted by atomic mass is 32.2. The molecule has 0 saturated heterocycles. The topological polar surface area (TPSA) is 102 Å². The van der Waals surface area contributed by atoms with E-state index in [-0.39, 0.29) is 5.89 Å². The van der Waals surface area contributed by atoms with Crippen LogP contribution in [0.2, 0.25) is 0 Å². The summed E-state index contributed by atoms with van der Waals surface area (Å²) in [6.07, 6.45) is 0. The van der Waals surface area contributed by atoms with Gasteiger partial charge in [-0.25, -0.2) is 8.42 Å². The number of benzene rings is 1. The van der Waals surface area contributed by atoms with Crippen LogP contribution >= 0.6 is 11.3 Å². The van der Waals surface area contributed by atoms with Crippen molar-refractivity contribution in [3.05, 3.63) is 53.7 Å². The summed E-state index contributed by atoms with van der Waals surface area (Å²) in [5, 5.41) is 6.97. The molecule has 130 valence electrons. The van der Waals surface area contributed by atoms with Crippen LogP contribution in [0, 0.1) is 0 Å². The van der Waals surface area contributed by atoms with Crippen LogP contribution in [0.4, 0.5) is 5.69 Å². The molecule has 0 fully saturated rings. The van der Waals surface area contributed by atoms with Crippen LogP contribution in [-0.2, 0) is 20.4 Å². The molecule has 1 atom stereocenters. The van der Waals surface area contributed by atoms with E-state index in [0.717, 1.165) is 4.88 Å². The molecule has 7 nitrogen and oxygen atoms in total. The second-order valence-electron chi connectivity index (χ2n) is 5.29. The Morgan fingerprint density at radius 1 is 1.24 bits per heavy atom. The van der Waals surface area contributed by atoms with Gasteiger partial charge in [-0.3, -0.25) is 4.79 Å². The van der Waals surface area contributed by atoms with Crippen LogP contribution in [0.3, 0.4) is 0 Å². The smallest absolute Gasteiger partial charge is 0.242 e. The predicted octanol–water partition coefficient (Wildman–Crippen LogP) is 2.74. The minimum atomic E-state index is -3.79. The SMILES string of the molecule is C[C@@H](C(=O)Nc1ccccc1)S(=O)(=O)Cc1nc(-c2cccs2)no1. The van der Waals surface area contributed by atoms with Gasteiger partial charge in [0.05, 0.1) is 4.88 Å². The van der Waals surface area contributed by atoms with Gasteiger partial charge in [-0.2, -0.15) is 4.98 Å². The molecule has 1 amide bonds. The van der Waals surface area contributed by atoms with E-state index in [2.05, 4.69) is 15.5 Å². The summed E-state index contributed by atoms with van der Waals surface area (Å²) in [7, 11) is -3.79. The van der Waals surface area contributed by atoms with E-state index < -0.39 is 26.7 Å². The molecule has 3 aromatic rings. The van der Waals surface area contributed by atoms with Crippen LogP contribution in [-0.4, -0.2) is 29.7 Å². The highest BCUT2D eigenvalue weighted by Gasteiger charge is 2.30. The van der Waals surface area contributed by atoms with E-state index in [1.54, 1.807) is 30.3 Å². The minimum absolute atomic E-state index is 0.0391. The van der Waals surface area contributed by atoms with Crippen molar-refractivity contribution in [2.75, 3.05) is 5.32 Å². The highest BCUT2D eigenvalue weighted by Crippen LogP contribution is 2.22. The Bertz CT molecular complexity index is 950. The number of para-hydroxylation sites is 1. The first kappa shape index (κ1) is 17.3. The lowest BCUT2D eigenvalue weighted by Gasteiger charge is -2.12.